The first-order chi connectivity index (χ1) is 10.1. The van der Waals surface area contributed by atoms with Crippen molar-refractivity contribution < 1.29 is 14.3 Å². The Bertz CT molecular complexity index is 465. The second-order valence-electron chi connectivity index (χ2n) is 5.91. The summed E-state index contributed by atoms with van der Waals surface area (Å²) in [5, 5.41) is 0. The molecule has 1 saturated heterocycles. The number of rotatable bonds is 5. The molecule has 1 aromatic carbocycles. The molecule has 0 N–H and O–H groups in total. The van der Waals surface area contributed by atoms with Gasteiger partial charge in [0.2, 0.25) is 0 Å². The average molecular weight is 291 g/mol. The summed E-state index contributed by atoms with van der Waals surface area (Å²) in [5.74, 6) is 2.50. The minimum Gasteiger partial charge on any atom is -0.490 e. The Morgan fingerprint density at radius 3 is 2.29 bits per heavy atom. The number of hydrogen-bond donors (Lipinski definition) is 0. The van der Waals surface area contributed by atoms with E-state index < -0.39 is 0 Å². The summed E-state index contributed by atoms with van der Waals surface area (Å²) in [6, 6.07) is 7.47. The molecule has 1 fully saturated rings. The van der Waals surface area contributed by atoms with E-state index in [9.17, 15) is 4.79 Å². The smallest absolute Gasteiger partial charge is 0.260 e. The van der Waals surface area contributed by atoms with Gasteiger partial charge in [-0.05, 0) is 37.3 Å². The molecule has 1 heterocycles. The highest BCUT2D eigenvalue weighted by Gasteiger charge is 2.25. The van der Waals surface area contributed by atoms with Gasteiger partial charge in [0.15, 0.2) is 18.1 Å². The van der Waals surface area contributed by atoms with Crippen LogP contribution in [-0.2, 0) is 4.79 Å². The Balaban J connectivity index is 1.92. The zero-order valence-corrected chi connectivity index (χ0v) is 13.2. The van der Waals surface area contributed by atoms with E-state index in [0.717, 1.165) is 13.1 Å². The number of piperidine rings is 1. The molecular weight excluding hydrogens is 266 g/mol. The number of likely N-dealkylation sites (tertiary alicyclic amines) is 1. The highest BCUT2D eigenvalue weighted by Crippen LogP contribution is 2.26. The fraction of sp³-hybridized carbons (Fsp3) is 0.588. The molecule has 21 heavy (non-hydrogen) atoms. The third kappa shape index (κ3) is 4.38. The molecule has 1 aliphatic rings. The minimum atomic E-state index is 0.0553. The first-order valence-corrected chi connectivity index (χ1v) is 7.72. The van der Waals surface area contributed by atoms with Gasteiger partial charge in [-0.15, -0.1) is 0 Å². The van der Waals surface area contributed by atoms with Crippen molar-refractivity contribution in [3.8, 4) is 11.5 Å². The molecule has 0 radical (unpaired) electrons. The van der Waals surface area contributed by atoms with Gasteiger partial charge in [-0.1, -0.05) is 26.0 Å². The Morgan fingerprint density at radius 1 is 1.14 bits per heavy atom. The predicted octanol–water partition coefficient (Wildman–Crippen LogP) is 2.97. The molecule has 4 nitrogen and oxygen atoms in total. The van der Waals surface area contributed by atoms with E-state index in [-0.39, 0.29) is 12.5 Å². The van der Waals surface area contributed by atoms with Crippen LogP contribution in [-0.4, -0.2) is 37.1 Å². The number of para-hydroxylation sites is 2. The van der Waals surface area contributed by atoms with E-state index in [1.165, 1.54) is 6.42 Å². The van der Waals surface area contributed by atoms with Crippen molar-refractivity contribution >= 4 is 5.91 Å². The maximum absolute atomic E-state index is 12.3. The van der Waals surface area contributed by atoms with Crippen LogP contribution in [0.15, 0.2) is 24.3 Å². The minimum absolute atomic E-state index is 0.0553. The van der Waals surface area contributed by atoms with Crippen LogP contribution in [0.5, 0.6) is 11.5 Å². The third-order valence-electron chi connectivity index (χ3n) is 3.72. The first kappa shape index (κ1) is 15.7. The van der Waals surface area contributed by atoms with E-state index in [1.807, 2.05) is 36.1 Å². The van der Waals surface area contributed by atoms with Gasteiger partial charge < -0.3 is 14.4 Å². The monoisotopic (exact) mass is 291 g/mol. The molecule has 0 spiro atoms. The summed E-state index contributed by atoms with van der Waals surface area (Å²) in [6.07, 6.45) is 1.19. The number of carbonyl (C=O) groups is 1. The molecule has 2 rings (SSSR count). The number of nitrogens with zero attached hydrogens (tertiary/aromatic N) is 1. The lowest BCUT2D eigenvalue weighted by atomic mass is 9.92. The lowest BCUT2D eigenvalue weighted by Crippen LogP contribution is -2.44. The van der Waals surface area contributed by atoms with Crippen LogP contribution < -0.4 is 9.47 Å². The van der Waals surface area contributed by atoms with Crippen LogP contribution in [0.3, 0.4) is 0 Å². The standard InChI is InChI=1S/C17H25NO3/c1-4-20-15-7-5-6-8-16(15)21-12-17(19)18-10-13(2)9-14(3)11-18/h5-8,13-14H,4,9-12H2,1-3H3. The number of benzene rings is 1. The normalized spacial score (nSPS) is 22.0. The molecule has 0 aromatic heterocycles. The zero-order chi connectivity index (χ0) is 15.2. The van der Waals surface area contributed by atoms with E-state index >= 15 is 0 Å². The first-order valence-electron chi connectivity index (χ1n) is 7.72. The van der Waals surface area contributed by atoms with Crippen LogP contribution in [0.1, 0.15) is 27.2 Å². The highest BCUT2D eigenvalue weighted by atomic mass is 16.5. The molecule has 1 aromatic rings. The zero-order valence-electron chi connectivity index (χ0n) is 13.2. The van der Waals surface area contributed by atoms with Crippen molar-refractivity contribution in [2.24, 2.45) is 11.8 Å². The number of ether oxygens (including phenoxy) is 2. The summed E-state index contributed by atoms with van der Waals surface area (Å²) in [4.78, 5) is 14.2. The Hall–Kier alpha value is -1.71. The van der Waals surface area contributed by atoms with Gasteiger partial charge in [-0.3, -0.25) is 4.79 Å². The van der Waals surface area contributed by atoms with Crippen LogP contribution in [0.4, 0.5) is 0 Å². The topological polar surface area (TPSA) is 38.8 Å². The maximum atomic E-state index is 12.3. The van der Waals surface area contributed by atoms with Gasteiger partial charge in [0.25, 0.3) is 5.91 Å². The molecule has 0 bridgehead atoms. The molecular formula is C17H25NO3. The van der Waals surface area contributed by atoms with Gasteiger partial charge in [0.1, 0.15) is 0 Å². The van der Waals surface area contributed by atoms with Crippen LogP contribution in [0.25, 0.3) is 0 Å². The fourth-order valence-electron chi connectivity index (χ4n) is 2.94. The summed E-state index contributed by atoms with van der Waals surface area (Å²) >= 11 is 0. The van der Waals surface area contributed by atoms with Gasteiger partial charge >= 0.3 is 0 Å². The molecule has 2 atom stereocenters. The fourth-order valence-corrected chi connectivity index (χ4v) is 2.94. The molecule has 4 heteroatoms. The third-order valence-corrected chi connectivity index (χ3v) is 3.72. The lowest BCUT2D eigenvalue weighted by Gasteiger charge is -2.34. The molecule has 116 valence electrons. The number of amides is 1. The van der Waals surface area contributed by atoms with Crippen molar-refractivity contribution in [2.45, 2.75) is 27.2 Å². The SMILES string of the molecule is CCOc1ccccc1OCC(=O)N1CC(C)CC(C)C1. The van der Waals surface area contributed by atoms with Crippen molar-refractivity contribution in [1.29, 1.82) is 0 Å². The quantitative estimate of drug-likeness (QED) is 0.837. The van der Waals surface area contributed by atoms with Gasteiger partial charge in [0, 0.05) is 13.1 Å². The summed E-state index contributed by atoms with van der Waals surface area (Å²) < 4.78 is 11.2. The van der Waals surface area contributed by atoms with Crippen molar-refractivity contribution in [3.05, 3.63) is 24.3 Å². The van der Waals surface area contributed by atoms with Gasteiger partial charge in [0.05, 0.1) is 6.61 Å². The molecule has 0 saturated carbocycles. The van der Waals surface area contributed by atoms with Crippen molar-refractivity contribution in [1.82, 2.24) is 4.90 Å². The Labute approximate surface area is 127 Å². The van der Waals surface area contributed by atoms with Gasteiger partial charge in [-0.25, -0.2) is 0 Å². The average Bonchev–Trinajstić information content (AvgIpc) is 2.45. The summed E-state index contributed by atoms with van der Waals surface area (Å²) in [5.41, 5.74) is 0. The van der Waals surface area contributed by atoms with E-state index in [0.29, 0.717) is 29.9 Å². The second kappa shape index (κ2) is 7.34. The van der Waals surface area contributed by atoms with Gasteiger partial charge in [-0.2, -0.15) is 0 Å². The van der Waals surface area contributed by atoms with E-state index in [1.54, 1.807) is 0 Å². The Morgan fingerprint density at radius 2 is 1.71 bits per heavy atom. The molecule has 2 unspecified atom stereocenters. The summed E-state index contributed by atoms with van der Waals surface area (Å²) in [7, 11) is 0. The van der Waals surface area contributed by atoms with Crippen molar-refractivity contribution in [3.63, 3.8) is 0 Å². The molecule has 1 aliphatic heterocycles. The highest BCUT2D eigenvalue weighted by molar-refractivity contribution is 5.78. The lowest BCUT2D eigenvalue weighted by molar-refractivity contribution is -0.136. The predicted molar refractivity (Wildman–Crippen MR) is 82.6 cm³/mol. The molecule has 1 amide bonds. The van der Waals surface area contributed by atoms with Crippen LogP contribution in [0, 0.1) is 11.8 Å². The van der Waals surface area contributed by atoms with Crippen LogP contribution in [0.2, 0.25) is 0 Å². The maximum Gasteiger partial charge on any atom is 0.260 e. The summed E-state index contributed by atoms with van der Waals surface area (Å²) in [6.45, 7) is 8.64. The van der Waals surface area contributed by atoms with Crippen LogP contribution >= 0.6 is 0 Å². The Kier molecular flexibility index (Phi) is 5.48. The van der Waals surface area contributed by atoms with Crippen molar-refractivity contribution in [2.75, 3.05) is 26.3 Å². The van der Waals surface area contributed by atoms with E-state index in [2.05, 4.69) is 13.8 Å². The molecule has 0 aliphatic carbocycles. The largest absolute Gasteiger partial charge is 0.490 e. The second-order valence-corrected chi connectivity index (χ2v) is 5.91. The number of carbonyl (C=O) groups excluding carboxylic acids is 1. The number of hydrogen-bond acceptors (Lipinski definition) is 3. The van der Waals surface area contributed by atoms with E-state index in [4.69, 9.17) is 9.47 Å².